The second-order valence-corrected chi connectivity index (χ2v) is 14.2. The summed E-state index contributed by atoms with van der Waals surface area (Å²) in [5.41, 5.74) is 2.77. The SMILES string of the molecule is C[C@@H]([C@H]1CC[C@@]2(C)[C@@H]3CC[C@H]4[C@]5(C)COCN(C)[C@H]5CC[C@@]45C[C@@]35CC[C@]12C)N(C)C. The van der Waals surface area contributed by atoms with E-state index in [9.17, 15) is 0 Å². The number of nitrogens with zero attached hydrogens (tertiary/aromatic N) is 2. The highest BCUT2D eigenvalue weighted by Gasteiger charge is 2.82. The predicted octanol–water partition coefficient (Wildman–Crippen LogP) is 5.64. The van der Waals surface area contributed by atoms with Crippen molar-refractivity contribution in [3.63, 3.8) is 0 Å². The van der Waals surface area contributed by atoms with Crippen molar-refractivity contribution in [3.8, 4) is 0 Å². The zero-order valence-electron chi connectivity index (χ0n) is 21.5. The molecule has 0 aromatic carbocycles. The second kappa shape index (κ2) is 6.30. The molecule has 6 fully saturated rings. The Morgan fingerprint density at radius 3 is 2.32 bits per heavy atom. The minimum absolute atomic E-state index is 0.374. The lowest BCUT2D eigenvalue weighted by Crippen LogP contribution is -2.63. The highest BCUT2D eigenvalue weighted by Crippen LogP contribution is 2.89. The van der Waals surface area contributed by atoms with Crippen LogP contribution in [0.5, 0.6) is 0 Å². The Morgan fingerprint density at radius 1 is 0.871 bits per heavy atom. The van der Waals surface area contributed by atoms with Crippen LogP contribution in [0.3, 0.4) is 0 Å². The highest BCUT2D eigenvalue weighted by molar-refractivity contribution is 5.31. The van der Waals surface area contributed by atoms with Crippen LogP contribution in [0, 0.1) is 44.8 Å². The van der Waals surface area contributed by atoms with Gasteiger partial charge in [0.25, 0.3) is 0 Å². The molecule has 3 nitrogen and oxygen atoms in total. The molecule has 1 aliphatic heterocycles. The van der Waals surface area contributed by atoms with E-state index in [-0.39, 0.29) is 0 Å². The average molecular weight is 429 g/mol. The summed E-state index contributed by atoms with van der Waals surface area (Å²) in [6.07, 6.45) is 13.4. The quantitative estimate of drug-likeness (QED) is 0.566. The maximum Gasteiger partial charge on any atom is 0.0990 e. The van der Waals surface area contributed by atoms with E-state index in [2.05, 4.69) is 58.6 Å². The summed E-state index contributed by atoms with van der Waals surface area (Å²) >= 11 is 0. The van der Waals surface area contributed by atoms with Gasteiger partial charge >= 0.3 is 0 Å². The van der Waals surface area contributed by atoms with Crippen LogP contribution in [0.25, 0.3) is 0 Å². The number of fused-ring (bicyclic) bond motifs is 4. The van der Waals surface area contributed by atoms with Gasteiger partial charge in [-0.15, -0.1) is 0 Å². The molecule has 0 radical (unpaired) electrons. The summed E-state index contributed by atoms with van der Waals surface area (Å²) < 4.78 is 6.19. The van der Waals surface area contributed by atoms with Crippen LogP contribution < -0.4 is 0 Å². The molecule has 0 N–H and O–H groups in total. The van der Waals surface area contributed by atoms with E-state index in [1.54, 1.807) is 6.42 Å². The van der Waals surface area contributed by atoms with Gasteiger partial charge in [-0.3, -0.25) is 4.90 Å². The van der Waals surface area contributed by atoms with E-state index in [4.69, 9.17) is 4.74 Å². The van der Waals surface area contributed by atoms with E-state index >= 15 is 0 Å². The monoisotopic (exact) mass is 428 g/mol. The highest BCUT2D eigenvalue weighted by atomic mass is 16.5. The van der Waals surface area contributed by atoms with Crippen LogP contribution in [0.4, 0.5) is 0 Å². The third kappa shape index (κ3) is 2.28. The van der Waals surface area contributed by atoms with Gasteiger partial charge in [0, 0.05) is 17.5 Å². The van der Waals surface area contributed by atoms with Crippen molar-refractivity contribution < 1.29 is 4.74 Å². The fraction of sp³-hybridized carbons (Fsp3) is 1.00. The molecule has 6 rings (SSSR count). The molecule has 31 heavy (non-hydrogen) atoms. The molecule has 176 valence electrons. The van der Waals surface area contributed by atoms with Gasteiger partial charge in [0.1, 0.15) is 0 Å². The maximum absolute atomic E-state index is 6.19. The first-order valence-corrected chi connectivity index (χ1v) is 13.5. The van der Waals surface area contributed by atoms with Gasteiger partial charge in [-0.2, -0.15) is 0 Å². The minimum Gasteiger partial charge on any atom is -0.365 e. The van der Waals surface area contributed by atoms with Crippen molar-refractivity contribution in [2.24, 2.45) is 44.8 Å². The molecular formula is C28H48N2O. The molecular weight excluding hydrogens is 380 g/mol. The average Bonchev–Trinajstić information content (AvgIpc) is 3.29. The molecule has 0 bridgehead atoms. The Labute approximate surface area is 191 Å². The van der Waals surface area contributed by atoms with E-state index in [1.807, 2.05) is 0 Å². The molecule has 2 spiro atoms. The van der Waals surface area contributed by atoms with Crippen molar-refractivity contribution in [3.05, 3.63) is 0 Å². The Balaban J connectivity index is 1.34. The fourth-order valence-corrected chi connectivity index (χ4v) is 11.8. The summed E-state index contributed by atoms with van der Waals surface area (Å²) in [6, 6.07) is 1.45. The zero-order chi connectivity index (χ0) is 22.0. The molecule has 0 aromatic rings. The van der Waals surface area contributed by atoms with E-state index < -0.39 is 0 Å². The second-order valence-electron chi connectivity index (χ2n) is 14.2. The predicted molar refractivity (Wildman–Crippen MR) is 127 cm³/mol. The van der Waals surface area contributed by atoms with Crippen LogP contribution in [0.1, 0.15) is 85.5 Å². The van der Waals surface area contributed by atoms with Gasteiger partial charge < -0.3 is 9.64 Å². The molecule has 0 aromatic heterocycles. The van der Waals surface area contributed by atoms with Crippen molar-refractivity contribution in [1.82, 2.24) is 9.80 Å². The lowest BCUT2D eigenvalue weighted by atomic mass is 9.41. The Bertz CT molecular complexity index is 768. The van der Waals surface area contributed by atoms with Crippen LogP contribution in [-0.2, 0) is 4.74 Å². The molecule has 1 heterocycles. The van der Waals surface area contributed by atoms with Crippen molar-refractivity contribution in [1.29, 1.82) is 0 Å². The van der Waals surface area contributed by atoms with Crippen LogP contribution in [0.15, 0.2) is 0 Å². The van der Waals surface area contributed by atoms with Crippen LogP contribution in [-0.4, -0.2) is 56.4 Å². The Hall–Kier alpha value is -0.120. The summed E-state index contributed by atoms with van der Waals surface area (Å²) in [4.78, 5) is 5.05. The van der Waals surface area contributed by atoms with Crippen molar-refractivity contribution in [2.75, 3.05) is 34.5 Å². The zero-order valence-corrected chi connectivity index (χ0v) is 21.5. The molecule has 10 atom stereocenters. The van der Waals surface area contributed by atoms with Gasteiger partial charge in [0.2, 0.25) is 0 Å². The van der Waals surface area contributed by atoms with E-state index in [0.29, 0.717) is 33.1 Å². The van der Waals surface area contributed by atoms with Gasteiger partial charge in [-0.25, -0.2) is 0 Å². The van der Waals surface area contributed by atoms with Crippen LogP contribution in [0.2, 0.25) is 0 Å². The molecule has 5 aliphatic carbocycles. The molecule has 3 heteroatoms. The first-order chi connectivity index (χ1) is 14.6. The standard InChI is InChI=1S/C28H48N2O/c1-19(29(5)6)20-10-12-26(4)22-9-8-21-24(2)17-31-18-30(7)23(24)11-13-27(21)16-28(22,27)15-14-25(20,26)3/h19-23H,8-18H2,1-7H3/t19-,20+,21-,22-,23-,24-,25+,26-,27+,28-/m0/s1. The minimum atomic E-state index is 0.374. The van der Waals surface area contributed by atoms with Crippen LogP contribution >= 0.6 is 0 Å². The van der Waals surface area contributed by atoms with Crippen molar-refractivity contribution in [2.45, 2.75) is 97.6 Å². The van der Waals surface area contributed by atoms with Gasteiger partial charge in [0.15, 0.2) is 0 Å². The molecule has 1 saturated heterocycles. The summed E-state index contributed by atoms with van der Waals surface area (Å²) in [6.45, 7) is 12.5. The normalized spacial score (nSPS) is 59.2. The largest absolute Gasteiger partial charge is 0.365 e. The number of hydrogen-bond donors (Lipinski definition) is 0. The number of rotatable bonds is 2. The third-order valence-corrected chi connectivity index (χ3v) is 13.6. The summed E-state index contributed by atoms with van der Waals surface area (Å²) in [5.74, 6) is 2.73. The topological polar surface area (TPSA) is 15.7 Å². The lowest BCUT2D eigenvalue weighted by Gasteiger charge is -2.65. The Kier molecular flexibility index (Phi) is 4.35. The number of hydrogen-bond acceptors (Lipinski definition) is 3. The third-order valence-electron chi connectivity index (χ3n) is 13.6. The van der Waals surface area contributed by atoms with Crippen molar-refractivity contribution >= 4 is 0 Å². The van der Waals surface area contributed by atoms with Gasteiger partial charge in [-0.05, 0) is 125 Å². The van der Waals surface area contributed by atoms with Gasteiger partial charge in [-0.1, -0.05) is 20.8 Å². The van der Waals surface area contributed by atoms with E-state index in [0.717, 1.165) is 37.1 Å². The summed E-state index contributed by atoms with van der Waals surface area (Å²) in [7, 11) is 6.92. The smallest absolute Gasteiger partial charge is 0.0990 e. The summed E-state index contributed by atoms with van der Waals surface area (Å²) in [5, 5.41) is 0. The maximum atomic E-state index is 6.19. The fourth-order valence-electron chi connectivity index (χ4n) is 11.8. The number of ether oxygens (including phenoxy) is 1. The molecule has 5 saturated carbocycles. The first-order valence-electron chi connectivity index (χ1n) is 13.5. The van der Waals surface area contributed by atoms with E-state index in [1.165, 1.54) is 51.4 Å². The van der Waals surface area contributed by atoms with Gasteiger partial charge in [0.05, 0.1) is 13.3 Å². The molecule has 0 unspecified atom stereocenters. The Morgan fingerprint density at radius 2 is 1.58 bits per heavy atom. The first kappa shape index (κ1) is 21.4. The molecule has 6 aliphatic rings. The molecule has 0 amide bonds. The lowest BCUT2D eigenvalue weighted by molar-refractivity contribution is -0.202.